The molecule has 33 heavy (non-hydrogen) atoms. The Morgan fingerprint density at radius 1 is 1.06 bits per heavy atom. The van der Waals surface area contributed by atoms with Crippen LogP contribution in [-0.2, 0) is 4.79 Å². The molecule has 0 aromatic heterocycles. The third-order valence-electron chi connectivity index (χ3n) is 4.24. The third kappa shape index (κ3) is 7.21. The van der Waals surface area contributed by atoms with Crippen molar-refractivity contribution in [2.45, 2.75) is 0 Å². The third-order valence-corrected chi connectivity index (χ3v) is 5.30. The molecule has 0 radical (unpaired) electrons. The molecule has 0 spiro atoms. The number of carbonyl (C=O) groups is 2. The van der Waals surface area contributed by atoms with E-state index in [2.05, 4.69) is 31.8 Å². The molecule has 0 unspecified atom stereocenters. The number of anilines is 1. The van der Waals surface area contributed by atoms with E-state index in [1.54, 1.807) is 60.7 Å². The summed E-state index contributed by atoms with van der Waals surface area (Å²) in [5.74, 6) is 0.141. The zero-order valence-electron chi connectivity index (χ0n) is 17.3. The Labute approximate surface area is 208 Å². The topological polar surface area (TPSA) is 89.0 Å². The molecule has 0 fully saturated rings. The maximum atomic E-state index is 12.3. The largest absolute Gasteiger partial charge is 0.496 e. The minimum absolute atomic E-state index is 0.208. The molecule has 3 rings (SSSR count). The Kier molecular flexibility index (Phi) is 8.71. The Morgan fingerprint density at radius 3 is 2.55 bits per heavy atom. The van der Waals surface area contributed by atoms with Gasteiger partial charge in [0.1, 0.15) is 11.5 Å². The number of ether oxygens (including phenoxy) is 2. The fraction of sp³-hybridized carbons (Fsp3) is 0.0870. The Hall–Kier alpha value is -3.07. The molecule has 10 heteroatoms. The van der Waals surface area contributed by atoms with E-state index >= 15 is 0 Å². The molecule has 2 amide bonds. The molecule has 0 atom stereocenters. The molecule has 0 bridgehead atoms. The number of nitrogens with one attached hydrogen (secondary N) is 2. The Balaban J connectivity index is 1.51. The van der Waals surface area contributed by atoms with Crippen LogP contribution in [0.25, 0.3) is 0 Å². The lowest BCUT2D eigenvalue weighted by Gasteiger charge is -2.09. The number of methoxy groups -OCH3 is 1. The quantitative estimate of drug-likeness (QED) is 0.284. The van der Waals surface area contributed by atoms with Crippen LogP contribution in [0, 0.1) is 0 Å². The minimum atomic E-state index is -0.407. The lowest BCUT2D eigenvalue weighted by molar-refractivity contribution is -0.118. The highest BCUT2D eigenvalue weighted by atomic mass is 79.9. The molecule has 0 aliphatic heterocycles. The van der Waals surface area contributed by atoms with Gasteiger partial charge in [0.2, 0.25) is 0 Å². The summed E-state index contributed by atoms with van der Waals surface area (Å²) in [6, 6.07) is 16.7. The van der Waals surface area contributed by atoms with Crippen LogP contribution in [-0.4, -0.2) is 31.7 Å². The van der Waals surface area contributed by atoms with Crippen LogP contribution in [0.5, 0.6) is 11.5 Å². The van der Waals surface area contributed by atoms with Crippen molar-refractivity contribution >= 4 is 62.8 Å². The van der Waals surface area contributed by atoms with Crippen LogP contribution in [0.2, 0.25) is 10.0 Å². The van der Waals surface area contributed by atoms with Crippen molar-refractivity contribution < 1.29 is 19.1 Å². The summed E-state index contributed by atoms with van der Waals surface area (Å²) in [7, 11) is 1.49. The van der Waals surface area contributed by atoms with Crippen molar-refractivity contribution in [3.8, 4) is 11.5 Å². The van der Waals surface area contributed by atoms with Gasteiger partial charge in [-0.1, -0.05) is 39.1 Å². The van der Waals surface area contributed by atoms with Gasteiger partial charge >= 0.3 is 0 Å². The van der Waals surface area contributed by atoms with E-state index in [1.165, 1.54) is 13.3 Å². The number of amides is 2. The maximum Gasteiger partial charge on any atom is 0.275 e. The molecule has 2 N–H and O–H groups in total. The van der Waals surface area contributed by atoms with Gasteiger partial charge in [-0.3, -0.25) is 9.59 Å². The molecule has 0 saturated heterocycles. The summed E-state index contributed by atoms with van der Waals surface area (Å²) < 4.78 is 11.4. The number of hydrogen-bond donors (Lipinski definition) is 2. The van der Waals surface area contributed by atoms with Crippen LogP contribution >= 0.6 is 39.1 Å². The molecule has 0 heterocycles. The number of nitrogens with zero attached hydrogens (tertiary/aromatic N) is 1. The van der Waals surface area contributed by atoms with Crippen molar-refractivity contribution in [1.82, 2.24) is 5.43 Å². The number of rotatable bonds is 8. The second-order valence-electron chi connectivity index (χ2n) is 6.57. The summed E-state index contributed by atoms with van der Waals surface area (Å²) in [5, 5.41) is 7.44. The van der Waals surface area contributed by atoms with Crippen LogP contribution in [0.4, 0.5) is 5.69 Å². The minimum Gasteiger partial charge on any atom is -0.496 e. The highest BCUT2D eigenvalue weighted by Crippen LogP contribution is 2.25. The fourth-order valence-corrected chi connectivity index (χ4v) is 3.36. The van der Waals surface area contributed by atoms with Crippen molar-refractivity contribution in [3.05, 3.63) is 86.3 Å². The number of hydrazone groups is 1. The van der Waals surface area contributed by atoms with Crippen molar-refractivity contribution in [3.63, 3.8) is 0 Å². The van der Waals surface area contributed by atoms with E-state index in [4.69, 9.17) is 32.7 Å². The SMILES string of the molecule is COc1ccc(Br)cc1C(=O)N/N=C\c1ccc(OCC(=O)Nc2cc(Cl)ccc2Cl)cc1. The maximum absolute atomic E-state index is 12.3. The average molecular weight is 551 g/mol. The zero-order chi connectivity index (χ0) is 23.8. The van der Waals surface area contributed by atoms with Gasteiger partial charge in [0.15, 0.2) is 6.61 Å². The second-order valence-corrected chi connectivity index (χ2v) is 8.33. The lowest BCUT2D eigenvalue weighted by Crippen LogP contribution is -2.20. The average Bonchev–Trinajstić information content (AvgIpc) is 2.81. The fourth-order valence-electron chi connectivity index (χ4n) is 2.66. The van der Waals surface area contributed by atoms with E-state index in [0.717, 1.165) is 10.0 Å². The summed E-state index contributed by atoms with van der Waals surface area (Å²) in [6.45, 7) is -0.208. The van der Waals surface area contributed by atoms with Gasteiger partial charge in [-0.25, -0.2) is 5.43 Å². The highest BCUT2D eigenvalue weighted by molar-refractivity contribution is 9.10. The summed E-state index contributed by atoms with van der Waals surface area (Å²) in [4.78, 5) is 24.4. The molecule has 0 aliphatic rings. The number of halogens is 3. The Bertz CT molecular complexity index is 1190. The molecule has 3 aromatic rings. The van der Waals surface area contributed by atoms with Crippen molar-refractivity contribution in [2.75, 3.05) is 19.0 Å². The number of carbonyl (C=O) groups excluding carboxylic acids is 2. The van der Waals surface area contributed by atoms with Crippen molar-refractivity contribution in [2.24, 2.45) is 5.10 Å². The molecular formula is C23H18BrCl2N3O4. The van der Waals surface area contributed by atoms with Crippen LogP contribution in [0.1, 0.15) is 15.9 Å². The second kappa shape index (κ2) is 11.7. The van der Waals surface area contributed by atoms with E-state index < -0.39 is 5.91 Å². The standard InChI is InChI=1S/C23H18BrCl2N3O4/c1-32-21-9-4-15(24)10-18(21)23(31)29-27-12-14-2-6-17(7-3-14)33-13-22(30)28-20-11-16(25)5-8-19(20)26/h2-12H,13H2,1H3,(H,28,30)(H,29,31)/b27-12-. The first kappa shape index (κ1) is 24.6. The van der Waals surface area contributed by atoms with Gasteiger partial charge in [0.05, 0.1) is 29.6 Å². The molecule has 7 nitrogen and oxygen atoms in total. The van der Waals surface area contributed by atoms with Crippen LogP contribution in [0.3, 0.4) is 0 Å². The predicted octanol–water partition coefficient (Wildman–Crippen LogP) is 5.55. The first-order valence-corrected chi connectivity index (χ1v) is 11.1. The van der Waals surface area contributed by atoms with Crippen LogP contribution < -0.4 is 20.2 Å². The highest BCUT2D eigenvalue weighted by Gasteiger charge is 2.12. The smallest absolute Gasteiger partial charge is 0.275 e. The summed E-state index contributed by atoms with van der Waals surface area (Å²) in [5.41, 5.74) is 3.94. The molecule has 0 saturated carbocycles. The van der Waals surface area contributed by atoms with E-state index in [9.17, 15) is 9.59 Å². The van der Waals surface area contributed by atoms with E-state index in [-0.39, 0.29) is 12.5 Å². The number of benzene rings is 3. The molecule has 3 aromatic carbocycles. The van der Waals surface area contributed by atoms with Crippen molar-refractivity contribution in [1.29, 1.82) is 0 Å². The van der Waals surface area contributed by atoms with Gasteiger partial charge < -0.3 is 14.8 Å². The van der Waals surface area contributed by atoms with E-state index in [1.807, 2.05) is 0 Å². The van der Waals surface area contributed by atoms with Gasteiger partial charge in [-0.15, -0.1) is 0 Å². The van der Waals surface area contributed by atoms with Gasteiger partial charge in [0, 0.05) is 9.50 Å². The first-order chi connectivity index (χ1) is 15.9. The Morgan fingerprint density at radius 2 is 1.82 bits per heavy atom. The molecule has 170 valence electrons. The lowest BCUT2D eigenvalue weighted by atomic mass is 10.2. The molecule has 0 aliphatic carbocycles. The van der Waals surface area contributed by atoms with Gasteiger partial charge in [-0.2, -0.15) is 5.10 Å². The first-order valence-electron chi connectivity index (χ1n) is 9.50. The normalized spacial score (nSPS) is 10.7. The van der Waals surface area contributed by atoms with Gasteiger partial charge in [0.25, 0.3) is 11.8 Å². The molecular weight excluding hydrogens is 533 g/mol. The predicted molar refractivity (Wildman–Crippen MR) is 133 cm³/mol. The van der Waals surface area contributed by atoms with Crippen LogP contribution in [0.15, 0.2) is 70.2 Å². The monoisotopic (exact) mass is 549 g/mol. The zero-order valence-corrected chi connectivity index (χ0v) is 20.4. The summed E-state index contributed by atoms with van der Waals surface area (Å²) in [6.07, 6.45) is 1.49. The van der Waals surface area contributed by atoms with Gasteiger partial charge in [-0.05, 0) is 66.2 Å². The number of hydrogen-bond acceptors (Lipinski definition) is 5. The summed E-state index contributed by atoms with van der Waals surface area (Å²) >= 11 is 15.3. The van der Waals surface area contributed by atoms with E-state index in [0.29, 0.717) is 32.8 Å².